The first-order valence-electron chi connectivity index (χ1n) is 14.5. The molecule has 0 spiro atoms. The van der Waals surface area contributed by atoms with E-state index >= 15 is 0 Å². The molecule has 0 radical (unpaired) electrons. The van der Waals surface area contributed by atoms with Gasteiger partial charge in [0.1, 0.15) is 5.75 Å². The SMILES string of the molecule is Cc1ccc2c(NC(=O)Cc3ccccc3)cccc2c1Oc1ncccc1-c1ccnc(N[C@H]2CCCN(C(=O)O)C2)n1. The van der Waals surface area contributed by atoms with Crippen molar-refractivity contribution in [3.05, 3.63) is 102 Å². The summed E-state index contributed by atoms with van der Waals surface area (Å²) in [6, 6.07) is 24.7. The lowest BCUT2D eigenvalue weighted by Crippen LogP contribution is -2.44. The number of benzene rings is 3. The van der Waals surface area contributed by atoms with E-state index in [2.05, 4.69) is 20.6 Å². The summed E-state index contributed by atoms with van der Waals surface area (Å²) in [5.74, 6) is 1.31. The molecule has 1 aliphatic heterocycles. The number of fused-ring (bicyclic) bond motifs is 1. The molecule has 0 unspecified atom stereocenters. The fraction of sp³-hybridized carbons (Fsp3) is 0.206. The number of carbonyl (C=O) groups is 2. The van der Waals surface area contributed by atoms with Crippen LogP contribution in [0.4, 0.5) is 16.4 Å². The van der Waals surface area contributed by atoms with E-state index in [0.717, 1.165) is 34.7 Å². The highest BCUT2D eigenvalue weighted by Gasteiger charge is 2.24. The molecule has 222 valence electrons. The minimum absolute atomic E-state index is 0.0829. The van der Waals surface area contributed by atoms with Crippen molar-refractivity contribution in [2.75, 3.05) is 23.7 Å². The molecule has 2 amide bonds. The number of piperidine rings is 1. The first-order valence-corrected chi connectivity index (χ1v) is 14.5. The van der Waals surface area contributed by atoms with Gasteiger partial charge < -0.3 is 25.4 Å². The molecular formula is C34H32N6O4. The summed E-state index contributed by atoms with van der Waals surface area (Å²) in [6.07, 6.45) is 4.27. The van der Waals surface area contributed by atoms with Crippen LogP contribution in [0.2, 0.25) is 0 Å². The molecule has 0 saturated carbocycles. The summed E-state index contributed by atoms with van der Waals surface area (Å²) in [7, 11) is 0. The molecule has 0 aliphatic carbocycles. The smallest absolute Gasteiger partial charge is 0.407 e. The molecule has 44 heavy (non-hydrogen) atoms. The fourth-order valence-corrected chi connectivity index (χ4v) is 5.45. The summed E-state index contributed by atoms with van der Waals surface area (Å²) >= 11 is 0. The summed E-state index contributed by atoms with van der Waals surface area (Å²) in [5, 5.41) is 17.4. The van der Waals surface area contributed by atoms with Gasteiger partial charge in [0.05, 0.1) is 17.7 Å². The van der Waals surface area contributed by atoms with Gasteiger partial charge in [-0.25, -0.2) is 19.7 Å². The van der Waals surface area contributed by atoms with Gasteiger partial charge in [0.25, 0.3) is 0 Å². The van der Waals surface area contributed by atoms with E-state index in [1.165, 1.54) is 4.90 Å². The first-order chi connectivity index (χ1) is 21.4. The fourth-order valence-electron chi connectivity index (χ4n) is 5.45. The van der Waals surface area contributed by atoms with E-state index in [1.807, 2.05) is 79.7 Å². The predicted octanol–water partition coefficient (Wildman–Crippen LogP) is 6.53. The summed E-state index contributed by atoms with van der Waals surface area (Å²) in [5.41, 5.74) is 3.84. The predicted molar refractivity (Wildman–Crippen MR) is 169 cm³/mol. The monoisotopic (exact) mass is 588 g/mol. The normalized spacial score (nSPS) is 14.7. The van der Waals surface area contributed by atoms with Crippen LogP contribution < -0.4 is 15.4 Å². The van der Waals surface area contributed by atoms with E-state index in [-0.39, 0.29) is 18.4 Å². The Labute approximate surface area is 254 Å². The maximum Gasteiger partial charge on any atom is 0.407 e. The minimum atomic E-state index is -0.922. The number of rotatable bonds is 8. The zero-order chi connectivity index (χ0) is 30.5. The van der Waals surface area contributed by atoms with Crippen LogP contribution in [0, 0.1) is 6.92 Å². The minimum Gasteiger partial charge on any atom is -0.465 e. The number of pyridine rings is 1. The number of nitrogens with zero attached hydrogens (tertiary/aromatic N) is 4. The van der Waals surface area contributed by atoms with E-state index in [1.54, 1.807) is 18.5 Å². The van der Waals surface area contributed by atoms with Crippen molar-refractivity contribution in [2.24, 2.45) is 0 Å². The largest absolute Gasteiger partial charge is 0.465 e. The number of anilines is 2. The second kappa shape index (κ2) is 12.8. The Bertz CT molecular complexity index is 1810. The average Bonchev–Trinajstić information content (AvgIpc) is 3.03. The van der Waals surface area contributed by atoms with Crippen LogP contribution in [0.5, 0.6) is 11.6 Å². The second-order valence-corrected chi connectivity index (χ2v) is 10.8. The summed E-state index contributed by atoms with van der Waals surface area (Å²) < 4.78 is 6.52. The number of aromatic nitrogens is 3. The molecule has 1 fully saturated rings. The van der Waals surface area contributed by atoms with Gasteiger partial charge in [-0.15, -0.1) is 0 Å². The van der Waals surface area contributed by atoms with Crippen LogP contribution in [-0.4, -0.2) is 56.1 Å². The molecular weight excluding hydrogens is 556 g/mol. The van der Waals surface area contributed by atoms with E-state index in [9.17, 15) is 14.7 Å². The molecule has 3 N–H and O–H groups in total. The Morgan fingerprint density at radius 3 is 2.66 bits per heavy atom. The van der Waals surface area contributed by atoms with Gasteiger partial charge >= 0.3 is 6.09 Å². The highest BCUT2D eigenvalue weighted by atomic mass is 16.5. The molecule has 1 saturated heterocycles. The van der Waals surface area contributed by atoms with Crippen molar-refractivity contribution >= 4 is 34.4 Å². The van der Waals surface area contributed by atoms with Crippen molar-refractivity contribution in [1.29, 1.82) is 0 Å². The summed E-state index contributed by atoms with van der Waals surface area (Å²) in [4.78, 5) is 39.4. The zero-order valence-electron chi connectivity index (χ0n) is 24.2. The highest BCUT2D eigenvalue weighted by molar-refractivity contribution is 6.05. The van der Waals surface area contributed by atoms with Crippen LogP contribution in [0.1, 0.15) is 24.0 Å². The average molecular weight is 589 g/mol. The van der Waals surface area contributed by atoms with Crippen molar-refractivity contribution in [3.8, 4) is 22.9 Å². The van der Waals surface area contributed by atoms with Gasteiger partial charge in [-0.3, -0.25) is 4.79 Å². The number of hydrogen-bond acceptors (Lipinski definition) is 7. The number of nitrogens with one attached hydrogen (secondary N) is 2. The Morgan fingerprint density at radius 2 is 1.82 bits per heavy atom. The van der Waals surface area contributed by atoms with Gasteiger partial charge in [0, 0.05) is 48.0 Å². The Balaban J connectivity index is 1.26. The molecule has 0 bridgehead atoms. The van der Waals surface area contributed by atoms with E-state index < -0.39 is 6.09 Å². The van der Waals surface area contributed by atoms with Crippen molar-refractivity contribution in [1.82, 2.24) is 19.9 Å². The van der Waals surface area contributed by atoms with Crippen LogP contribution >= 0.6 is 0 Å². The highest BCUT2D eigenvalue weighted by Crippen LogP contribution is 2.38. The molecule has 1 aliphatic rings. The maximum atomic E-state index is 12.9. The van der Waals surface area contributed by atoms with Crippen molar-refractivity contribution < 1.29 is 19.4 Å². The lowest BCUT2D eigenvalue weighted by molar-refractivity contribution is -0.115. The molecule has 1 atom stereocenters. The molecule has 10 nitrogen and oxygen atoms in total. The number of carboxylic acid groups (broad SMARTS) is 1. The molecule has 2 aromatic heterocycles. The number of likely N-dealkylation sites (tertiary alicyclic amines) is 1. The second-order valence-electron chi connectivity index (χ2n) is 10.8. The van der Waals surface area contributed by atoms with Gasteiger partial charge in [-0.1, -0.05) is 54.6 Å². The van der Waals surface area contributed by atoms with Crippen molar-refractivity contribution in [3.63, 3.8) is 0 Å². The zero-order valence-corrected chi connectivity index (χ0v) is 24.2. The third-order valence-electron chi connectivity index (χ3n) is 7.62. The van der Waals surface area contributed by atoms with Gasteiger partial charge in [-0.2, -0.15) is 0 Å². The first kappa shape index (κ1) is 28.6. The standard InChI is InChI=1S/C34H32N6O4/c1-22-14-15-25-26(11-5-13-28(25)38-30(41)20-23-8-3-2-4-9-23)31(22)44-32-27(12-6-17-35-32)29-16-18-36-33(39-29)37-24-10-7-19-40(21-24)34(42)43/h2-6,8-9,11-18,24H,7,10,19-21H2,1H3,(H,38,41)(H,42,43)(H,36,37,39)/t24-/m0/s1. The quantitative estimate of drug-likeness (QED) is 0.187. The summed E-state index contributed by atoms with van der Waals surface area (Å²) in [6.45, 7) is 2.87. The number of ether oxygens (including phenoxy) is 1. The van der Waals surface area contributed by atoms with Gasteiger partial charge in [0.15, 0.2) is 0 Å². The third-order valence-corrected chi connectivity index (χ3v) is 7.62. The van der Waals surface area contributed by atoms with Crippen molar-refractivity contribution in [2.45, 2.75) is 32.2 Å². The number of carbonyl (C=O) groups excluding carboxylic acids is 1. The van der Waals surface area contributed by atoms with Crippen LogP contribution in [0.15, 0.2) is 91.3 Å². The number of amides is 2. The molecule has 3 aromatic carbocycles. The molecule has 10 heteroatoms. The van der Waals surface area contributed by atoms with E-state index in [0.29, 0.717) is 47.6 Å². The number of aryl methyl sites for hydroxylation is 1. The van der Waals surface area contributed by atoms with Crippen LogP contribution in [-0.2, 0) is 11.2 Å². The van der Waals surface area contributed by atoms with Crippen LogP contribution in [0.25, 0.3) is 22.0 Å². The Morgan fingerprint density at radius 1 is 0.955 bits per heavy atom. The molecule has 6 rings (SSSR count). The Hall–Kier alpha value is -5.51. The molecule has 5 aromatic rings. The lowest BCUT2D eigenvalue weighted by Gasteiger charge is -2.31. The topological polar surface area (TPSA) is 130 Å². The van der Waals surface area contributed by atoms with Gasteiger partial charge in [0.2, 0.25) is 17.7 Å². The Kier molecular flexibility index (Phi) is 8.31. The maximum absolute atomic E-state index is 12.9. The third kappa shape index (κ3) is 6.44. The van der Waals surface area contributed by atoms with Crippen LogP contribution in [0.3, 0.4) is 0 Å². The number of hydrogen-bond donors (Lipinski definition) is 3. The molecule has 3 heterocycles. The lowest BCUT2D eigenvalue weighted by atomic mass is 10.0. The van der Waals surface area contributed by atoms with Gasteiger partial charge in [-0.05, 0) is 55.2 Å². The van der Waals surface area contributed by atoms with E-state index in [4.69, 9.17) is 9.72 Å².